The van der Waals surface area contributed by atoms with E-state index < -0.39 is 10.0 Å². The topological polar surface area (TPSA) is 78.5 Å². The molecule has 0 unspecified atom stereocenters. The molecular weight excluding hydrogens is 362 g/mol. The lowest BCUT2D eigenvalue weighted by atomic mass is 10.1. The summed E-state index contributed by atoms with van der Waals surface area (Å²) < 4.78 is 28.2. The average Bonchev–Trinajstić information content (AvgIpc) is 2.62. The van der Waals surface area contributed by atoms with E-state index >= 15 is 0 Å². The Morgan fingerprint density at radius 1 is 1.04 bits per heavy atom. The van der Waals surface area contributed by atoms with Gasteiger partial charge in [-0.25, -0.2) is 8.42 Å². The number of nitrogens with zero attached hydrogens (tertiary/aromatic N) is 1. The monoisotopic (exact) mass is 389 g/mol. The van der Waals surface area contributed by atoms with Crippen LogP contribution in [0.15, 0.2) is 47.4 Å². The van der Waals surface area contributed by atoms with Crippen molar-refractivity contribution in [1.29, 1.82) is 0 Å². The molecule has 1 amide bonds. The largest absolute Gasteiger partial charge is 0.352 e. The molecule has 0 saturated heterocycles. The summed E-state index contributed by atoms with van der Waals surface area (Å²) in [6.07, 6.45) is 0.824. The Kier molecular flexibility index (Phi) is 6.98. The lowest BCUT2D eigenvalue weighted by molar-refractivity contribution is 0.0952. The highest BCUT2D eigenvalue weighted by Gasteiger charge is 2.18. The number of carbonyl (C=O) groups excluding carboxylic acids is 1. The predicted octanol–water partition coefficient (Wildman–Crippen LogP) is 2.79. The van der Waals surface area contributed by atoms with Gasteiger partial charge in [0.05, 0.1) is 10.6 Å². The van der Waals surface area contributed by atoms with Gasteiger partial charge in [0.1, 0.15) is 0 Å². The molecule has 146 valence electrons. The maximum Gasteiger partial charge on any atom is 0.261 e. The van der Waals surface area contributed by atoms with Crippen LogP contribution in [0.5, 0.6) is 0 Å². The first-order chi connectivity index (χ1) is 12.7. The minimum absolute atomic E-state index is 0.0612. The van der Waals surface area contributed by atoms with Crippen LogP contribution in [0.4, 0.5) is 5.69 Å². The first-order valence-electron chi connectivity index (χ1n) is 8.83. The summed E-state index contributed by atoms with van der Waals surface area (Å²) in [4.78, 5) is 14.4. The molecule has 7 heteroatoms. The van der Waals surface area contributed by atoms with Crippen molar-refractivity contribution in [3.05, 3.63) is 59.2 Å². The van der Waals surface area contributed by atoms with E-state index in [4.69, 9.17) is 0 Å². The van der Waals surface area contributed by atoms with Gasteiger partial charge in [-0.15, -0.1) is 0 Å². The highest BCUT2D eigenvalue weighted by atomic mass is 32.2. The van der Waals surface area contributed by atoms with Crippen LogP contribution >= 0.6 is 0 Å². The number of rotatable bonds is 8. The van der Waals surface area contributed by atoms with E-state index in [0.717, 1.165) is 24.1 Å². The van der Waals surface area contributed by atoms with Crippen LogP contribution < -0.4 is 10.0 Å². The third-order valence-electron chi connectivity index (χ3n) is 4.19. The summed E-state index contributed by atoms with van der Waals surface area (Å²) in [5.74, 6) is -0.280. The first kappa shape index (κ1) is 20.9. The zero-order valence-electron chi connectivity index (χ0n) is 16.2. The predicted molar refractivity (Wildman–Crippen MR) is 109 cm³/mol. The zero-order valence-corrected chi connectivity index (χ0v) is 17.1. The molecule has 2 N–H and O–H groups in total. The second kappa shape index (κ2) is 9.01. The van der Waals surface area contributed by atoms with Gasteiger partial charge in [-0.3, -0.25) is 9.52 Å². The van der Waals surface area contributed by atoms with Crippen LogP contribution in [0.25, 0.3) is 0 Å². The Morgan fingerprint density at radius 3 is 2.30 bits per heavy atom. The number of hydrogen-bond acceptors (Lipinski definition) is 4. The van der Waals surface area contributed by atoms with Crippen molar-refractivity contribution in [2.24, 2.45) is 0 Å². The second-order valence-electron chi connectivity index (χ2n) is 6.81. The van der Waals surface area contributed by atoms with Crippen molar-refractivity contribution in [2.75, 3.05) is 31.9 Å². The van der Waals surface area contributed by atoms with Gasteiger partial charge >= 0.3 is 0 Å². The van der Waals surface area contributed by atoms with Gasteiger partial charge in [0.25, 0.3) is 15.9 Å². The molecule has 0 bridgehead atoms. The molecule has 0 aliphatic heterocycles. The van der Waals surface area contributed by atoms with Crippen LogP contribution in [0.3, 0.4) is 0 Å². The molecule has 0 radical (unpaired) electrons. The van der Waals surface area contributed by atoms with E-state index in [0.29, 0.717) is 17.8 Å². The fourth-order valence-corrected chi connectivity index (χ4v) is 3.92. The number of benzene rings is 2. The maximum absolute atomic E-state index is 12.8. The van der Waals surface area contributed by atoms with Crippen molar-refractivity contribution in [1.82, 2.24) is 10.2 Å². The molecule has 0 aliphatic rings. The molecule has 0 aromatic heterocycles. The van der Waals surface area contributed by atoms with Gasteiger partial charge in [-0.2, -0.15) is 0 Å². The lowest BCUT2D eigenvalue weighted by Crippen LogP contribution is -2.27. The normalized spacial score (nSPS) is 11.4. The van der Waals surface area contributed by atoms with E-state index in [1.165, 1.54) is 12.1 Å². The summed E-state index contributed by atoms with van der Waals surface area (Å²) in [6, 6.07) is 11.7. The van der Waals surface area contributed by atoms with Crippen molar-refractivity contribution in [3.63, 3.8) is 0 Å². The zero-order chi connectivity index (χ0) is 20.0. The van der Waals surface area contributed by atoms with E-state index in [9.17, 15) is 13.2 Å². The minimum Gasteiger partial charge on any atom is -0.352 e. The molecule has 0 heterocycles. The fourth-order valence-electron chi connectivity index (χ4n) is 2.67. The van der Waals surface area contributed by atoms with Crippen LogP contribution in [0.2, 0.25) is 0 Å². The van der Waals surface area contributed by atoms with Crippen LogP contribution in [0.1, 0.15) is 27.9 Å². The molecule has 0 fully saturated rings. The van der Waals surface area contributed by atoms with E-state index in [1.54, 1.807) is 12.1 Å². The van der Waals surface area contributed by atoms with Crippen molar-refractivity contribution >= 4 is 21.6 Å². The molecule has 0 saturated carbocycles. The fraction of sp³-hybridized carbons (Fsp3) is 0.350. The standard InChI is InChI=1S/C20H27N3O3S/c1-15-8-5-9-16(2)19(15)22-27(25,26)18-11-6-10-17(14-18)20(24)21-12-7-13-23(3)4/h5-6,8-11,14,22H,7,12-13H2,1-4H3,(H,21,24). The third kappa shape index (κ3) is 5.80. The number of nitrogens with one attached hydrogen (secondary N) is 2. The van der Waals surface area contributed by atoms with Gasteiger partial charge in [-0.1, -0.05) is 24.3 Å². The Labute approximate surface area is 161 Å². The van der Waals surface area contributed by atoms with E-state index in [-0.39, 0.29) is 10.8 Å². The smallest absolute Gasteiger partial charge is 0.261 e. The molecule has 6 nitrogen and oxygen atoms in total. The Balaban J connectivity index is 2.14. The molecule has 0 aliphatic carbocycles. The number of anilines is 1. The van der Waals surface area contributed by atoms with Crippen molar-refractivity contribution in [3.8, 4) is 0 Å². The second-order valence-corrected chi connectivity index (χ2v) is 8.50. The molecule has 2 aromatic rings. The maximum atomic E-state index is 12.8. The minimum atomic E-state index is -3.79. The number of hydrogen-bond donors (Lipinski definition) is 2. The van der Waals surface area contributed by atoms with E-state index in [1.807, 2.05) is 51.0 Å². The quantitative estimate of drug-likeness (QED) is 0.681. The first-order valence-corrected chi connectivity index (χ1v) is 10.3. The third-order valence-corrected chi connectivity index (χ3v) is 5.54. The molecule has 0 atom stereocenters. The highest BCUT2D eigenvalue weighted by molar-refractivity contribution is 7.92. The molecule has 2 rings (SSSR count). The summed E-state index contributed by atoms with van der Waals surface area (Å²) in [7, 11) is 0.156. The summed E-state index contributed by atoms with van der Waals surface area (Å²) in [5, 5.41) is 2.82. The number of amides is 1. The Bertz CT molecular complexity index is 888. The number of para-hydroxylation sites is 1. The molecular formula is C20H27N3O3S. The number of aryl methyl sites for hydroxylation is 2. The summed E-state index contributed by atoms with van der Waals surface area (Å²) >= 11 is 0. The number of sulfonamides is 1. The Morgan fingerprint density at radius 2 is 1.67 bits per heavy atom. The van der Waals surface area contributed by atoms with Gasteiger partial charge in [0.15, 0.2) is 0 Å². The van der Waals surface area contributed by atoms with Gasteiger partial charge in [-0.05, 0) is 70.2 Å². The summed E-state index contributed by atoms with van der Waals surface area (Å²) in [6.45, 7) is 5.11. The highest BCUT2D eigenvalue weighted by Crippen LogP contribution is 2.23. The molecule has 27 heavy (non-hydrogen) atoms. The van der Waals surface area contributed by atoms with Crippen LogP contribution in [-0.2, 0) is 10.0 Å². The lowest BCUT2D eigenvalue weighted by Gasteiger charge is -2.14. The SMILES string of the molecule is Cc1cccc(C)c1NS(=O)(=O)c1cccc(C(=O)NCCCN(C)C)c1. The van der Waals surface area contributed by atoms with Crippen molar-refractivity contribution in [2.45, 2.75) is 25.2 Å². The van der Waals surface area contributed by atoms with Crippen LogP contribution in [-0.4, -0.2) is 46.4 Å². The van der Waals surface area contributed by atoms with Gasteiger partial charge < -0.3 is 10.2 Å². The average molecular weight is 390 g/mol. The molecule has 2 aromatic carbocycles. The van der Waals surface area contributed by atoms with Gasteiger partial charge in [0, 0.05) is 12.1 Å². The number of carbonyl (C=O) groups is 1. The van der Waals surface area contributed by atoms with E-state index in [2.05, 4.69) is 10.0 Å². The summed E-state index contributed by atoms with van der Waals surface area (Å²) in [5.41, 5.74) is 2.57. The Hall–Kier alpha value is -2.38. The van der Waals surface area contributed by atoms with Crippen LogP contribution in [0, 0.1) is 13.8 Å². The molecule has 0 spiro atoms. The van der Waals surface area contributed by atoms with Crippen molar-refractivity contribution < 1.29 is 13.2 Å². The van der Waals surface area contributed by atoms with Gasteiger partial charge in [0.2, 0.25) is 0 Å².